The molecular weight excluding hydrogens is 385 g/mol. The summed E-state index contributed by atoms with van der Waals surface area (Å²) in [5, 5.41) is 10.1. The number of aromatic amines is 1. The molecule has 1 atom stereocenters. The van der Waals surface area contributed by atoms with Gasteiger partial charge in [0.15, 0.2) is 0 Å². The number of carbonyl (C=O) groups excluding carboxylic acids is 2. The van der Waals surface area contributed by atoms with Gasteiger partial charge in [0.25, 0.3) is 5.91 Å². The van der Waals surface area contributed by atoms with Crippen LogP contribution in [0.25, 0.3) is 11.3 Å². The topological polar surface area (TPSA) is 84.1 Å². The summed E-state index contributed by atoms with van der Waals surface area (Å²) >= 11 is 5.99. The number of carbonyl (C=O) groups is 2. The van der Waals surface area contributed by atoms with E-state index >= 15 is 0 Å². The van der Waals surface area contributed by atoms with Crippen molar-refractivity contribution >= 4 is 23.5 Å². The van der Waals surface area contributed by atoms with Crippen molar-refractivity contribution in [2.45, 2.75) is 12.5 Å². The summed E-state index contributed by atoms with van der Waals surface area (Å²) in [5.41, 5.74) is 2.10. The number of hydrogen-bond acceptors (Lipinski definition) is 4. The minimum Gasteiger partial charge on any atom is -0.469 e. The highest BCUT2D eigenvalue weighted by Crippen LogP contribution is 2.22. The van der Waals surface area contributed by atoms with E-state index in [9.17, 15) is 14.0 Å². The largest absolute Gasteiger partial charge is 0.469 e. The Morgan fingerprint density at radius 1 is 1.21 bits per heavy atom. The van der Waals surface area contributed by atoms with Gasteiger partial charge in [-0.2, -0.15) is 5.10 Å². The van der Waals surface area contributed by atoms with Crippen LogP contribution < -0.4 is 5.32 Å². The fourth-order valence-electron chi connectivity index (χ4n) is 2.67. The molecule has 0 radical (unpaired) electrons. The molecule has 1 amide bonds. The Morgan fingerprint density at radius 2 is 1.96 bits per heavy atom. The Morgan fingerprint density at radius 3 is 2.64 bits per heavy atom. The molecule has 3 rings (SSSR count). The lowest BCUT2D eigenvalue weighted by molar-refractivity contribution is -0.141. The number of amides is 1. The summed E-state index contributed by atoms with van der Waals surface area (Å²) in [5.74, 6) is -1.37. The molecule has 0 saturated heterocycles. The van der Waals surface area contributed by atoms with Gasteiger partial charge in [-0.3, -0.25) is 14.7 Å². The molecule has 1 unspecified atom stereocenters. The third-order valence-electron chi connectivity index (χ3n) is 4.12. The first-order valence-electron chi connectivity index (χ1n) is 8.41. The minimum atomic E-state index is -0.682. The van der Waals surface area contributed by atoms with Crippen LogP contribution in [0.2, 0.25) is 5.02 Å². The molecule has 0 fully saturated rings. The molecule has 3 aromatic rings. The zero-order valence-corrected chi connectivity index (χ0v) is 15.7. The third kappa shape index (κ3) is 4.75. The lowest BCUT2D eigenvalue weighted by Crippen LogP contribution is -2.30. The fraction of sp³-hybridized carbons (Fsp3) is 0.150. The second-order valence-corrected chi connectivity index (χ2v) is 6.47. The molecule has 8 heteroatoms. The van der Waals surface area contributed by atoms with Gasteiger partial charge < -0.3 is 10.1 Å². The van der Waals surface area contributed by atoms with Gasteiger partial charge in [-0.25, -0.2) is 4.39 Å². The van der Waals surface area contributed by atoms with Crippen molar-refractivity contribution in [2.24, 2.45) is 0 Å². The van der Waals surface area contributed by atoms with E-state index in [0.717, 1.165) is 5.56 Å². The third-order valence-corrected chi connectivity index (χ3v) is 4.35. The van der Waals surface area contributed by atoms with E-state index in [1.807, 2.05) is 6.07 Å². The highest BCUT2D eigenvalue weighted by molar-refractivity contribution is 6.30. The predicted octanol–water partition coefficient (Wildman–Crippen LogP) is 3.90. The van der Waals surface area contributed by atoms with Crippen molar-refractivity contribution in [3.63, 3.8) is 0 Å². The Hall–Kier alpha value is -3.19. The summed E-state index contributed by atoms with van der Waals surface area (Å²) in [4.78, 5) is 24.4. The van der Waals surface area contributed by atoms with Crippen molar-refractivity contribution in [2.75, 3.05) is 7.11 Å². The molecule has 0 aliphatic heterocycles. The number of methoxy groups -OCH3 is 1. The van der Waals surface area contributed by atoms with Crippen LogP contribution >= 0.6 is 11.6 Å². The number of hydrogen-bond donors (Lipinski definition) is 2. The molecule has 6 nitrogen and oxygen atoms in total. The molecular formula is C20H17ClFN3O3. The van der Waals surface area contributed by atoms with E-state index in [2.05, 4.69) is 20.3 Å². The number of H-pyrrole nitrogens is 1. The smallest absolute Gasteiger partial charge is 0.307 e. The lowest BCUT2D eigenvalue weighted by Gasteiger charge is -2.17. The maximum Gasteiger partial charge on any atom is 0.307 e. The molecule has 2 N–H and O–H groups in total. The second-order valence-electron chi connectivity index (χ2n) is 6.04. The second kappa shape index (κ2) is 8.67. The predicted molar refractivity (Wildman–Crippen MR) is 102 cm³/mol. The van der Waals surface area contributed by atoms with Crippen molar-refractivity contribution < 1.29 is 18.7 Å². The molecule has 144 valence electrons. The lowest BCUT2D eigenvalue weighted by atomic mass is 10.0. The van der Waals surface area contributed by atoms with Gasteiger partial charge in [-0.15, -0.1) is 0 Å². The normalized spacial score (nSPS) is 11.7. The zero-order valence-electron chi connectivity index (χ0n) is 14.9. The first-order chi connectivity index (χ1) is 13.5. The first-order valence-corrected chi connectivity index (χ1v) is 8.78. The van der Waals surface area contributed by atoms with Gasteiger partial charge in [0.1, 0.15) is 11.5 Å². The van der Waals surface area contributed by atoms with Crippen LogP contribution in [-0.2, 0) is 9.53 Å². The molecule has 0 saturated carbocycles. The van der Waals surface area contributed by atoms with E-state index in [1.165, 1.54) is 31.4 Å². The zero-order chi connectivity index (χ0) is 20.1. The average molecular weight is 402 g/mol. The van der Waals surface area contributed by atoms with Crippen molar-refractivity contribution in [1.29, 1.82) is 0 Å². The highest BCUT2D eigenvalue weighted by Gasteiger charge is 2.21. The number of aromatic nitrogens is 2. The standard InChI is InChI=1S/C20H17ClFN3O3/c1-28-19(26)11-16(12-5-7-15(22)8-6-12)23-20(27)18-10-17(24-25-18)13-3-2-4-14(21)9-13/h2-10,16H,11H2,1H3,(H,23,27)(H,24,25). The summed E-state index contributed by atoms with van der Waals surface area (Å²) in [6.07, 6.45) is -0.0941. The summed E-state index contributed by atoms with van der Waals surface area (Å²) in [7, 11) is 1.26. The average Bonchev–Trinajstić information content (AvgIpc) is 3.18. The van der Waals surface area contributed by atoms with Crippen LogP contribution in [0.1, 0.15) is 28.5 Å². The summed E-state index contributed by atoms with van der Waals surface area (Å²) in [6.45, 7) is 0. The van der Waals surface area contributed by atoms with Crippen LogP contribution in [0, 0.1) is 5.82 Å². The van der Waals surface area contributed by atoms with Crippen molar-refractivity contribution in [3.05, 3.63) is 76.7 Å². The fourth-order valence-corrected chi connectivity index (χ4v) is 2.86. The Balaban J connectivity index is 1.80. The van der Waals surface area contributed by atoms with Gasteiger partial charge in [-0.1, -0.05) is 35.9 Å². The van der Waals surface area contributed by atoms with E-state index in [4.69, 9.17) is 11.6 Å². The highest BCUT2D eigenvalue weighted by atomic mass is 35.5. The molecule has 0 aliphatic rings. The number of nitrogens with one attached hydrogen (secondary N) is 2. The Labute approximate surface area is 165 Å². The number of benzene rings is 2. The molecule has 28 heavy (non-hydrogen) atoms. The number of ether oxygens (including phenoxy) is 1. The molecule has 1 aromatic heterocycles. The monoisotopic (exact) mass is 401 g/mol. The van der Waals surface area contributed by atoms with Gasteiger partial charge in [0.2, 0.25) is 0 Å². The van der Waals surface area contributed by atoms with Crippen LogP contribution in [0.5, 0.6) is 0 Å². The van der Waals surface area contributed by atoms with E-state index in [0.29, 0.717) is 16.3 Å². The number of nitrogens with zero attached hydrogens (tertiary/aromatic N) is 1. The van der Waals surface area contributed by atoms with Crippen molar-refractivity contribution in [1.82, 2.24) is 15.5 Å². The first kappa shape index (κ1) is 19.6. The molecule has 0 aliphatic carbocycles. The van der Waals surface area contributed by atoms with E-state index < -0.39 is 23.7 Å². The summed E-state index contributed by atoms with van der Waals surface area (Å²) < 4.78 is 17.9. The van der Waals surface area contributed by atoms with Gasteiger partial charge >= 0.3 is 5.97 Å². The quantitative estimate of drug-likeness (QED) is 0.613. The van der Waals surface area contributed by atoms with E-state index in [-0.39, 0.29) is 12.1 Å². The number of esters is 1. The Bertz CT molecular complexity index is 988. The molecule has 1 heterocycles. The minimum absolute atomic E-state index is 0.0941. The van der Waals surface area contributed by atoms with Crippen LogP contribution in [0.3, 0.4) is 0 Å². The summed E-state index contributed by atoms with van der Waals surface area (Å²) in [6, 6.07) is 13.5. The maximum atomic E-state index is 13.2. The maximum absolute atomic E-state index is 13.2. The van der Waals surface area contributed by atoms with Crippen LogP contribution in [0.15, 0.2) is 54.6 Å². The van der Waals surface area contributed by atoms with Gasteiger partial charge in [0, 0.05) is 10.6 Å². The Kier molecular flexibility index (Phi) is 6.06. The van der Waals surface area contributed by atoms with Crippen molar-refractivity contribution in [3.8, 4) is 11.3 Å². The van der Waals surface area contributed by atoms with Gasteiger partial charge in [-0.05, 0) is 35.9 Å². The molecule has 2 aromatic carbocycles. The van der Waals surface area contributed by atoms with E-state index in [1.54, 1.807) is 24.3 Å². The number of halogens is 2. The molecule has 0 spiro atoms. The van der Waals surface area contributed by atoms with Crippen LogP contribution in [0.4, 0.5) is 4.39 Å². The SMILES string of the molecule is COC(=O)CC(NC(=O)c1cc(-c2cccc(Cl)c2)n[nH]1)c1ccc(F)cc1. The number of rotatable bonds is 6. The van der Waals surface area contributed by atoms with Crippen LogP contribution in [-0.4, -0.2) is 29.2 Å². The molecule has 0 bridgehead atoms. The van der Waals surface area contributed by atoms with Gasteiger partial charge in [0.05, 0.1) is 25.3 Å².